The first kappa shape index (κ1) is 59.7. The van der Waals surface area contributed by atoms with E-state index in [1.165, 1.54) is 0 Å². The van der Waals surface area contributed by atoms with E-state index < -0.39 is 23.4 Å². The SMILES string of the molecule is CC(C)(C)OC(=O)Nc1cccc(N)c1.CC(C)(C)OC(=O)Nc1cccc(Nc2cnc(-c3ccsc3)cn2)c1.Nc1cccc(N)c1.Nc1cccc(Nc2cnc(-c3ccsc3)cn2)c1.O.P.P.[2HH]. The Balaban J connectivity index is 0.000000502. The van der Waals surface area contributed by atoms with Crippen LogP contribution in [0.4, 0.5) is 66.7 Å². The van der Waals surface area contributed by atoms with Gasteiger partial charge in [0.2, 0.25) is 0 Å². The molecule has 71 heavy (non-hydrogen) atoms. The fraction of sp³-hybridized carbons (Fsp3) is 0.160. The predicted octanol–water partition coefficient (Wildman–Crippen LogP) is 11.8. The molecular formula is C50H66N12O5P2S2. The van der Waals surface area contributed by atoms with E-state index >= 15 is 0 Å². The van der Waals surface area contributed by atoms with Crippen LogP contribution in [-0.2, 0) is 9.47 Å². The molecule has 0 radical (unpaired) electrons. The van der Waals surface area contributed by atoms with E-state index in [9.17, 15) is 9.59 Å². The van der Waals surface area contributed by atoms with Crippen molar-refractivity contribution in [2.75, 3.05) is 44.2 Å². The molecule has 8 rings (SSSR count). The number of carbonyl (C=O) groups is 2. The molecule has 2 amide bonds. The van der Waals surface area contributed by atoms with E-state index in [1.807, 2.05) is 112 Å². The number of rotatable bonds is 8. The lowest BCUT2D eigenvalue weighted by atomic mass is 10.2. The number of nitrogens with two attached hydrogens (primary N) is 4. The summed E-state index contributed by atoms with van der Waals surface area (Å²) in [4.78, 5) is 40.8. The molecule has 0 spiro atoms. The first-order valence-corrected chi connectivity index (χ1v) is 22.9. The molecule has 2 unspecified atom stereocenters. The van der Waals surface area contributed by atoms with Crippen molar-refractivity contribution >= 4 is 112 Å². The van der Waals surface area contributed by atoms with Crippen molar-refractivity contribution in [1.82, 2.24) is 19.9 Å². The highest BCUT2D eigenvalue weighted by Crippen LogP contribution is 2.24. The predicted molar refractivity (Wildman–Crippen MR) is 308 cm³/mol. The lowest BCUT2D eigenvalue weighted by Crippen LogP contribution is -2.27. The number of aromatic nitrogens is 4. The third-order valence-corrected chi connectivity index (χ3v) is 9.69. The number of ether oxygens (including phenoxy) is 2. The van der Waals surface area contributed by atoms with E-state index in [1.54, 1.807) is 102 Å². The number of hydrogen-bond acceptors (Lipinski definition) is 16. The number of hydrogen-bond donors (Lipinski definition) is 8. The molecule has 378 valence electrons. The van der Waals surface area contributed by atoms with Gasteiger partial charge in [-0.25, -0.2) is 19.6 Å². The van der Waals surface area contributed by atoms with Crippen LogP contribution >= 0.6 is 42.5 Å². The Kier molecular flexibility index (Phi) is 24.3. The highest BCUT2D eigenvalue weighted by atomic mass is 32.1. The summed E-state index contributed by atoms with van der Waals surface area (Å²) in [5.74, 6) is 1.32. The van der Waals surface area contributed by atoms with E-state index in [0.717, 1.165) is 33.9 Å². The van der Waals surface area contributed by atoms with Gasteiger partial charge in [0.1, 0.15) is 22.8 Å². The third-order valence-electron chi connectivity index (χ3n) is 8.32. The van der Waals surface area contributed by atoms with Crippen LogP contribution in [0, 0.1) is 0 Å². The molecule has 14 N–H and O–H groups in total. The van der Waals surface area contributed by atoms with Gasteiger partial charge in [-0.1, -0.05) is 24.3 Å². The van der Waals surface area contributed by atoms with Crippen molar-refractivity contribution in [1.29, 1.82) is 0 Å². The van der Waals surface area contributed by atoms with Crippen LogP contribution in [0.1, 0.15) is 43.0 Å². The minimum atomic E-state index is -0.542. The molecule has 0 saturated heterocycles. The normalized spacial score (nSPS) is 10.1. The van der Waals surface area contributed by atoms with Crippen LogP contribution in [0.15, 0.2) is 156 Å². The average molecular weight is 1040 g/mol. The van der Waals surface area contributed by atoms with Gasteiger partial charge in [-0.05, 0) is 137 Å². The summed E-state index contributed by atoms with van der Waals surface area (Å²) in [6, 6.07) is 33.0. The Bertz CT molecular complexity index is 2800. The van der Waals surface area contributed by atoms with Crippen molar-refractivity contribution in [3.8, 4) is 22.5 Å². The van der Waals surface area contributed by atoms with Crippen molar-refractivity contribution in [2.24, 2.45) is 0 Å². The summed E-state index contributed by atoms with van der Waals surface area (Å²) < 4.78 is 10.3. The molecule has 0 bridgehead atoms. The molecule has 4 heterocycles. The summed E-state index contributed by atoms with van der Waals surface area (Å²) in [7, 11) is 0. The number of nitrogen functional groups attached to an aromatic ring is 4. The maximum absolute atomic E-state index is 11.9. The van der Waals surface area contributed by atoms with Crippen LogP contribution in [0.5, 0.6) is 0 Å². The fourth-order valence-electron chi connectivity index (χ4n) is 5.51. The number of benzene rings is 4. The highest BCUT2D eigenvalue weighted by Gasteiger charge is 2.17. The second kappa shape index (κ2) is 28.9. The van der Waals surface area contributed by atoms with E-state index in [-0.39, 0.29) is 26.7 Å². The van der Waals surface area contributed by atoms with Crippen molar-refractivity contribution in [3.05, 3.63) is 156 Å². The lowest BCUT2D eigenvalue weighted by molar-refractivity contribution is 0.0624. The average Bonchev–Trinajstić information content (AvgIpc) is 4.01. The monoisotopic (exact) mass is 1040 g/mol. The maximum atomic E-state index is 11.9. The Morgan fingerprint density at radius 3 is 1.18 bits per heavy atom. The zero-order chi connectivity index (χ0) is 49.1. The molecule has 17 nitrogen and oxygen atoms in total. The Hall–Kier alpha value is -7.40. The minimum Gasteiger partial charge on any atom is -0.444 e. The molecule has 4 aromatic heterocycles. The number of carbonyl (C=O) groups excluding carboxylic acids is 2. The van der Waals surface area contributed by atoms with Gasteiger partial charge in [-0.3, -0.25) is 20.6 Å². The molecular weight excluding hydrogens is 975 g/mol. The van der Waals surface area contributed by atoms with Crippen molar-refractivity contribution in [3.63, 3.8) is 0 Å². The van der Waals surface area contributed by atoms with Gasteiger partial charge in [0.05, 0.1) is 36.2 Å². The van der Waals surface area contributed by atoms with E-state index in [0.29, 0.717) is 45.8 Å². The number of anilines is 10. The van der Waals surface area contributed by atoms with Gasteiger partial charge in [-0.2, -0.15) is 42.5 Å². The summed E-state index contributed by atoms with van der Waals surface area (Å²) in [6.45, 7) is 10.9. The van der Waals surface area contributed by atoms with Crippen LogP contribution in [-0.4, -0.2) is 48.8 Å². The summed E-state index contributed by atoms with van der Waals surface area (Å²) in [5.41, 5.74) is 30.6. The lowest BCUT2D eigenvalue weighted by Gasteiger charge is -2.19. The van der Waals surface area contributed by atoms with Crippen molar-refractivity contribution < 1.29 is 26.0 Å². The molecule has 21 heteroatoms. The quantitative estimate of drug-likeness (QED) is 0.0519. The van der Waals surface area contributed by atoms with Gasteiger partial charge < -0.3 is 48.5 Å². The molecule has 2 atom stereocenters. The summed E-state index contributed by atoms with van der Waals surface area (Å²) >= 11 is 3.27. The van der Waals surface area contributed by atoms with Crippen LogP contribution in [0.3, 0.4) is 0 Å². The molecule has 0 saturated carbocycles. The highest BCUT2D eigenvalue weighted by molar-refractivity contribution is 7.08. The Morgan fingerprint density at radius 2 is 0.845 bits per heavy atom. The Morgan fingerprint density at radius 1 is 0.493 bits per heavy atom. The second-order valence-electron chi connectivity index (χ2n) is 16.6. The number of amides is 2. The largest absolute Gasteiger partial charge is 0.444 e. The smallest absolute Gasteiger partial charge is 0.412 e. The molecule has 0 aliphatic rings. The van der Waals surface area contributed by atoms with Gasteiger partial charge in [-0.15, -0.1) is 0 Å². The van der Waals surface area contributed by atoms with Gasteiger partial charge in [0.15, 0.2) is 0 Å². The maximum Gasteiger partial charge on any atom is 0.412 e. The second-order valence-corrected chi connectivity index (χ2v) is 18.2. The summed E-state index contributed by atoms with van der Waals surface area (Å²) in [6.07, 6.45) is 5.92. The topological polar surface area (TPSA) is 288 Å². The van der Waals surface area contributed by atoms with Crippen molar-refractivity contribution in [2.45, 2.75) is 52.7 Å². The molecule has 0 fully saturated rings. The van der Waals surface area contributed by atoms with Crippen LogP contribution in [0.25, 0.3) is 22.5 Å². The van der Waals surface area contributed by atoms with Gasteiger partial charge in [0, 0.05) is 68.8 Å². The third kappa shape index (κ3) is 22.7. The number of nitrogens with one attached hydrogen (secondary N) is 4. The zero-order valence-corrected chi connectivity index (χ0v) is 44.9. The Labute approximate surface area is 430 Å². The molecule has 8 aromatic rings. The minimum absolute atomic E-state index is 0. The molecule has 0 aliphatic carbocycles. The molecule has 0 aliphatic heterocycles. The van der Waals surface area contributed by atoms with Gasteiger partial charge in [0.25, 0.3) is 0 Å². The van der Waals surface area contributed by atoms with E-state index in [4.69, 9.17) is 32.4 Å². The first-order chi connectivity index (χ1) is 32.4. The van der Waals surface area contributed by atoms with Gasteiger partial charge >= 0.3 is 12.2 Å². The van der Waals surface area contributed by atoms with Crippen LogP contribution in [0.2, 0.25) is 0 Å². The number of nitrogens with zero attached hydrogens (tertiary/aromatic N) is 4. The van der Waals surface area contributed by atoms with Crippen LogP contribution < -0.4 is 44.2 Å². The number of thiophene rings is 2. The zero-order valence-electron chi connectivity index (χ0n) is 40.5. The molecule has 4 aromatic carbocycles. The standard InChI is InChI=1S/C19H20N4O2S.C14H12N4S.C11H16N2O2.C6H8N2.H2O.2H3P.H2/c1-19(2,3)25-18(24)23-15-6-4-5-14(9-15)22-17-11-20-16(10-21-17)13-7-8-26-12-13;15-11-2-1-3-12(6-11)18-14-8-16-13(7-17-14)10-4-5-19-9-10;1-11(2,3)15-10(14)13-9-6-4-5-8(12)7-9;7-5-2-1-3-6(8)4-5;;;;/h4-12H,1-3H3,(H,21,22)(H,23,24);1-9H,15H2,(H,17,18);4-7H,12H2,1-3H3,(H,13,14);1-4H,7-8H2;1H2;2*1H3;1H/i;;;;;;;1+1. The summed E-state index contributed by atoms with van der Waals surface area (Å²) in [5, 5.41) is 19.8. The first-order valence-electron chi connectivity index (χ1n) is 21.0. The van der Waals surface area contributed by atoms with E-state index in [2.05, 4.69) is 46.6 Å². The fourth-order valence-corrected chi connectivity index (χ4v) is 6.81.